The molecule has 0 aliphatic carbocycles. The molecule has 0 radical (unpaired) electrons. The number of thiazole rings is 1. The smallest absolute Gasteiger partial charge is 0.279 e. The van der Waals surface area contributed by atoms with E-state index in [0.717, 1.165) is 41.3 Å². The van der Waals surface area contributed by atoms with Gasteiger partial charge in [-0.1, -0.05) is 30.3 Å². The molecule has 5 rings (SSSR count). The maximum absolute atomic E-state index is 12.6. The van der Waals surface area contributed by atoms with Crippen LogP contribution in [-0.4, -0.2) is 24.0 Å². The summed E-state index contributed by atoms with van der Waals surface area (Å²) in [5.41, 5.74) is 6.96. The number of hydrogen-bond donors (Lipinski definition) is 2. The quantitative estimate of drug-likeness (QED) is 0.533. The van der Waals surface area contributed by atoms with Crippen LogP contribution in [0.4, 0.5) is 5.69 Å². The number of benzene rings is 3. The van der Waals surface area contributed by atoms with Crippen molar-refractivity contribution in [3.05, 3.63) is 83.4 Å². The fourth-order valence-electron chi connectivity index (χ4n) is 4.08. The largest absolute Gasteiger partial charge is 0.323 e. The highest BCUT2D eigenvalue weighted by atomic mass is 32.1. The normalized spacial score (nSPS) is 15.7. The van der Waals surface area contributed by atoms with Crippen LogP contribution in [0.3, 0.4) is 0 Å². The van der Waals surface area contributed by atoms with Gasteiger partial charge in [0.1, 0.15) is 11.6 Å². The van der Waals surface area contributed by atoms with Crippen molar-refractivity contribution in [2.45, 2.75) is 19.9 Å². The van der Waals surface area contributed by atoms with Crippen molar-refractivity contribution in [2.75, 3.05) is 18.4 Å². The number of amides is 1. The van der Waals surface area contributed by atoms with E-state index in [1.165, 1.54) is 26.3 Å². The van der Waals surface area contributed by atoms with Crippen LogP contribution in [0.2, 0.25) is 0 Å². The number of anilines is 1. The Kier molecular flexibility index (Phi) is 5.07. The van der Waals surface area contributed by atoms with Gasteiger partial charge in [-0.25, -0.2) is 4.98 Å². The van der Waals surface area contributed by atoms with E-state index in [0.29, 0.717) is 6.54 Å². The van der Waals surface area contributed by atoms with Gasteiger partial charge in [-0.05, 0) is 54.4 Å². The van der Waals surface area contributed by atoms with Crippen molar-refractivity contribution in [3.63, 3.8) is 0 Å². The third-order valence-corrected chi connectivity index (χ3v) is 6.74. The number of nitrogens with one attached hydrogen (secondary N) is 2. The number of hydrogen-bond acceptors (Lipinski definition) is 3. The Morgan fingerprint density at radius 3 is 2.70 bits per heavy atom. The first-order valence-corrected chi connectivity index (χ1v) is 11.1. The van der Waals surface area contributed by atoms with Crippen LogP contribution in [0, 0.1) is 6.92 Å². The van der Waals surface area contributed by atoms with Crippen molar-refractivity contribution in [3.8, 4) is 10.6 Å². The van der Waals surface area contributed by atoms with E-state index in [2.05, 4.69) is 54.7 Å². The van der Waals surface area contributed by atoms with Crippen molar-refractivity contribution < 1.29 is 9.69 Å². The summed E-state index contributed by atoms with van der Waals surface area (Å²) < 4.78 is 1.20. The van der Waals surface area contributed by atoms with Gasteiger partial charge >= 0.3 is 0 Å². The zero-order valence-corrected chi connectivity index (χ0v) is 17.8. The van der Waals surface area contributed by atoms with Crippen molar-refractivity contribution in [1.29, 1.82) is 0 Å². The summed E-state index contributed by atoms with van der Waals surface area (Å²) in [6.45, 7) is 4.51. The fourth-order valence-corrected chi connectivity index (χ4v) is 5.15. The van der Waals surface area contributed by atoms with Crippen molar-refractivity contribution >= 4 is 33.1 Å². The molecule has 1 amide bonds. The molecule has 5 heteroatoms. The molecule has 2 N–H and O–H groups in total. The van der Waals surface area contributed by atoms with Crippen LogP contribution in [0.25, 0.3) is 20.8 Å². The molecule has 30 heavy (non-hydrogen) atoms. The van der Waals surface area contributed by atoms with E-state index < -0.39 is 0 Å². The minimum Gasteiger partial charge on any atom is -0.323 e. The Bertz CT molecular complexity index is 1210. The van der Waals surface area contributed by atoms with Gasteiger partial charge < -0.3 is 10.2 Å². The molecule has 1 aliphatic heterocycles. The minimum absolute atomic E-state index is 0.0626. The van der Waals surface area contributed by atoms with Crippen LogP contribution < -0.4 is 10.2 Å². The summed E-state index contributed by atoms with van der Waals surface area (Å²) in [4.78, 5) is 18.6. The van der Waals surface area contributed by atoms with Crippen LogP contribution in [0.5, 0.6) is 0 Å². The SMILES string of the molecule is Cc1ccc2nc(-c3ccc(NC(=O)C[NH+]4CCc5ccccc5C4)cc3)sc2c1. The van der Waals surface area contributed by atoms with Gasteiger partial charge in [0.05, 0.1) is 16.8 Å². The van der Waals surface area contributed by atoms with Gasteiger partial charge in [0, 0.05) is 23.2 Å². The molecule has 1 aromatic heterocycles. The molecule has 0 fully saturated rings. The van der Waals surface area contributed by atoms with Gasteiger partial charge in [-0.3, -0.25) is 4.79 Å². The molecular formula is C25H24N3OS+. The minimum atomic E-state index is 0.0626. The molecule has 0 saturated carbocycles. The standard InChI is InChI=1S/C25H23N3OS/c1-17-6-11-22-23(14-17)30-25(27-22)19-7-9-21(10-8-19)26-24(29)16-28-13-12-18-4-2-3-5-20(18)15-28/h2-11,14H,12-13,15-16H2,1H3,(H,26,29)/p+1. The van der Waals surface area contributed by atoms with E-state index in [9.17, 15) is 4.79 Å². The highest BCUT2D eigenvalue weighted by molar-refractivity contribution is 7.21. The second-order valence-electron chi connectivity index (χ2n) is 7.99. The number of carbonyl (C=O) groups is 1. The van der Waals surface area contributed by atoms with Gasteiger partial charge in [0.25, 0.3) is 5.91 Å². The second-order valence-corrected chi connectivity index (χ2v) is 9.02. The number of aromatic nitrogens is 1. The second kappa shape index (κ2) is 8.01. The average Bonchev–Trinajstić information content (AvgIpc) is 3.17. The Hall–Kier alpha value is -3.02. The summed E-state index contributed by atoms with van der Waals surface area (Å²) in [5, 5.41) is 4.05. The molecular weight excluding hydrogens is 390 g/mol. The van der Waals surface area contributed by atoms with Crippen molar-refractivity contribution in [2.24, 2.45) is 0 Å². The lowest BCUT2D eigenvalue weighted by Gasteiger charge is -2.25. The summed E-state index contributed by atoms with van der Waals surface area (Å²) in [6, 6.07) is 22.9. The van der Waals surface area contributed by atoms with Crippen molar-refractivity contribution in [1.82, 2.24) is 4.98 Å². The lowest BCUT2D eigenvalue weighted by Crippen LogP contribution is -3.12. The lowest BCUT2D eigenvalue weighted by atomic mass is 10.00. The first-order chi connectivity index (χ1) is 14.6. The molecule has 0 saturated heterocycles. The molecule has 2 heterocycles. The van der Waals surface area contributed by atoms with E-state index in [4.69, 9.17) is 4.98 Å². The number of aryl methyl sites for hydroxylation is 1. The summed E-state index contributed by atoms with van der Waals surface area (Å²) >= 11 is 1.70. The molecule has 150 valence electrons. The first-order valence-electron chi connectivity index (χ1n) is 10.3. The Morgan fingerprint density at radius 1 is 1.07 bits per heavy atom. The number of rotatable bonds is 4. The highest BCUT2D eigenvalue weighted by Crippen LogP contribution is 2.31. The van der Waals surface area contributed by atoms with E-state index >= 15 is 0 Å². The fraction of sp³-hybridized carbons (Fsp3) is 0.200. The molecule has 4 nitrogen and oxygen atoms in total. The number of carbonyl (C=O) groups excluding carboxylic acids is 1. The molecule has 0 bridgehead atoms. The van der Waals surface area contributed by atoms with Crippen LogP contribution in [0.1, 0.15) is 16.7 Å². The molecule has 0 spiro atoms. The predicted molar refractivity (Wildman–Crippen MR) is 123 cm³/mol. The third kappa shape index (κ3) is 3.99. The monoisotopic (exact) mass is 414 g/mol. The number of nitrogens with zero attached hydrogens (tertiary/aromatic N) is 1. The maximum atomic E-state index is 12.6. The Labute approximate surface area is 180 Å². The molecule has 1 aliphatic rings. The number of quaternary nitrogens is 1. The van der Waals surface area contributed by atoms with E-state index in [1.807, 2.05) is 24.3 Å². The van der Waals surface area contributed by atoms with Crippen LogP contribution >= 0.6 is 11.3 Å². The predicted octanol–water partition coefficient (Wildman–Crippen LogP) is 3.85. The summed E-state index contributed by atoms with van der Waals surface area (Å²) in [7, 11) is 0. The molecule has 1 unspecified atom stereocenters. The zero-order chi connectivity index (χ0) is 20.5. The van der Waals surface area contributed by atoms with Crippen LogP contribution in [0.15, 0.2) is 66.7 Å². The molecule has 3 aromatic carbocycles. The highest BCUT2D eigenvalue weighted by Gasteiger charge is 2.21. The first kappa shape index (κ1) is 19.0. The average molecular weight is 415 g/mol. The van der Waals surface area contributed by atoms with Gasteiger partial charge in [-0.2, -0.15) is 0 Å². The lowest BCUT2D eigenvalue weighted by molar-refractivity contribution is -0.907. The van der Waals surface area contributed by atoms with Gasteiger partial charge in [-0.15, -0.1) is 11.3 Å². The Balaban J connectivity index is 1.23. The molecule has 4 aromatic rings. The maximum Gasteiger partial charge on any atom is 0.279 e. The summed E-state index contributed by atoms with van der Waals surface area (Å²) in [5.74, 6) is 0.0626. The topological polar surface area (TPSA) is 46.4 Å². The van der Waals surface area contributed by atoms with E-state index in [1.54, 1.807) is 11.3 Å². The zero-order valence-electron chi connectivity index (χ0n) is 16.9. The molecule has 1 atom stereocenters. The van der Waals surface area contributed by atoms with Gasteiger partial charge in [0.15, 0.2) is 6.54 Å². The Morgan fingerprint density at radius 2 is 1.87 bits per heavy atom. The number of fused-ring (bicyclic) bond motifs is 2. The third-order valence-electron chi connectivity index (χ3n) is 5.68. The van der Waals surface area contributed by atoms with E-state index in [-0.39, 0.29) is 5.91 Å². The van der Waals surface area contributed by atoms with Gasteiger partial charge in [0.2, 0.25) is 0 Å². The summed E-state index contributed by atoms with van der Waals surface area (Å²) in [6.07, 6.45) is 1.04. The van der Waals surface area contributed by atoms with Crippen LogP contribution in [-0.2, 0) is 17.8 Å².